The average molecular weight is 301 g/mol. The first-order valence-electron chi connectivity index (χ1n) is 5.98. The molecule has 0 aliphatic heterocycles. The van der Waals surface area contributed by atoms with E-state index in [0.717, 1.165) is 22.4 Å². The first-order chi connectivity index (χ1) is 7.74. The minimum atomic E-state index is 0.0513. The molecule has 0 fully saturated rings. The third-order valence-electron chi connectivity index (χ3n) is 2.54. The molecule has 0 spiro atoms. The van der Waals surface area contributed by atoms with E-state index in [0.29, 0.717) is 12.8 Å². The smallest absolute Gasteiger partial charge is 0.139 e. The van der Waals surface area contributed by atoms with Crippen molar-refractivity contribution < 1.29 is 4.79 Å². The number of carbonyl (C=O) groups excluding carboxylic acids is 1. The van der Waals surface area contributed by atoms with E-state index in [1.165, 1.54) is 0 Å². The summed E-state index contributed by atoms with van der Waals surface area (Å²) in [6.45, 7) is 11.0. The summed E-state index contributed by atoms with van der Waals surface area (Å²) in [5, 5.41) is 4.40. The second kappa shape index (κ2) is 5.34. The molecule has 96 valence electrons. The minimum absolute atomic E-state index is 0.0513. The van der Waals surface area contributed by atoms with E-state index in [1.807, 2.05) is 18.5 Å². The van der Waals surface area contributed by atoms with Gasteiger partial charge in [0.05, 0.1) is 15.9 Å². The molecule has 0 amide bonds. The molecule has 0 unspecified atom stereocenters. The van der Waals surface area contributed by atoms with Crippen molar-refractivity contribution in [1.29, 1.82) is 0 Å². The highest BCUT2D eigenvalue weighted by molar-refractivity contribution is 9.10. The summed E-state index contributed by atoms with van der Waals surface area (Å²) in [7, 11) is 0. The van der Waals surface area contributed by atoms with E-state index < -0.39 is 0 Å². The summed E-state index contributed by atoms with van der Waals surface area (Å²) >= 11 is 3.51. The maximum absolute atomic E-state index is 12.0. The molecule has 0 atom stereocenters. The van der Waals surface area contributed by atoms with Gasteiger partial charge in [-0.3, -0.25) is 9.48 Å². The summed E-state index contributed by atoms with van der Waals surface area (Å²) in [5.74, 6) is 0.271. The molecular formula is C13H21BrN2O. The summed E-state index contributed by atoms with van der Waals surface area (Å²) in [4.78, 5) is 12.0. The van der Waals surface area contributed by atoms with E-state index >= 15 is 0 Å². The summed E-state index contributed by atoms with van der Waals surface area (Å²) in [6, 6.07) is 0. The topological polar surface area (TPSA) is 34.9 Å². The number of aryl methyl sites for hydroxylation is 2. The quantitative estimate of drug-likeness (QED) is 0.853. The zero-order valence-electron chi connectivity index (χ0n) is 11.3. The molecule has 0 aliphatic rings. The zero-order chi connectivity index (χ0) is 13.2. The predicted molar refractivity (Wildman–Crippen MR) is 73.1 cm³/mol. The lowest BCUT2D eigenvalue weighted by Gasteiger charge is -2.16. The van der Waals surface area contributed by atoms with E-state index in [2.05, 4.69) is 41.8 Å². The molecule has 17 heavy (non-hydrogen) atoms. The molecule has 0 aromatic carbocycles. The van der Waals surface area contributed by atoms with Gasteiger partial charge in [-0.2, -0.15) is 5.10 Å². The number of hydrogen-bond acceptors (Lipinski definition) is 2. The maximum Gasteiger partial charge on any atom is 0.139 e. The van der Waals surface area contributed by atoms with Crippen molar-refractivity contribution in [1.82, 2.24) is 9.78 Å². The minimum Gasteiger partial charge on any atom is -0.299 e. The Kier molecular flexibility index (Phi) is 4.53. The molecular weight excluding hydrogens is 280 g/mol. The number of nitrogens with zero attached hydrogens (tertiary/aromatic N) is 2. The highest BCUT2D eigenvalue weighted by Crippen LogP contribution is 2.24. The molecule has 0 saturated carbocycles. The molecule has 0 bridgehead atoms. The van der Waals surface area contributed by atoms with Crippen LogP contribution in [0.25, 0.3) is 0 Å². The fourth-order valence-corrected chi connectivity index (χ4v) is 2.30. The van der Waals surface area contributed by atoms with Crippen molar-refractivity contribution in [2.45, 2.75) is 54.0 Å². The van der Waals surface area contributed by atoms with Crippen LogP contribution in [0.15, 0.2) is 4.47 Å². The van der Waals surface area contributed by atoms with Crippen LogP contribution >= 0.6 is 15.9 Å². The van der Waals surface area contributed by atoms with Gasteiger partial charge < -0.3 is 0 Å². The molecule has 0 N–H and O–H groups in total. The second-order valence-corrected chi connectivity index (χ2v) is 6.41. The SMILES string of the molecule is CCn1nc(C)c(Br)c1CC(=O)CC(C)(C)C. The van der Waals surface area contributed by atoms with Crippen LogP contribution < -0.4 is 0 Å². The molecule has 1 aromatic heterocycles. The van der Waals surface area contributed by atoms with Gasteiger partial charge in [-0.15, -0.1) is 0 Å². The Bertz CT molecular complexity index is 416. The van der Waals surface area contributed by atoms with Gasteiger partial charge >= 0.3 is 0 Å². The molecule has 1 rings (SSSR count). The summed E-state index contributed by atoms with van der Waals surface area (Å²) in [5.41, 5.74) is 2.00. The number of halogens is 1. The van der Waals surface area contributed by atoms with Crippen molar-refractivity contribution in [2.24, 2.45) is 5.41 Å². The molecule has 0 radical (unpaired) electrons. The van der Waals surface area contributed by atoms with Crippen LogP contribution in [0.2, 0.25) is 0 Å². The van der Waals surface area contributed by atoms with Crippen LogP contribution in [-0.2, 0) is 17.8 Å². The Balaban J connectivity index is 2.84. The van der Waals surface area contributed by atoms with Crippen molar-refractivity contribution in [3.05, 3.63) is 15.9 Å². The van der Waals surface area contributed by atoms with Crippen LogP contribution in [-0.4, -0.2) is 15.6 Å². The Morgan fingerprint density at radius 1 is 1.41 bits per heavy atom. The average Bonchev–Trinajstić information content (AvgIpc) is 2.42. The van der Waals surface area contributed by atoms with Crippen molar-refractivity contribution >= 4 is 21.7 Å². The number of rotatable bonds is 4. The van der Waals surface area contributed by atoms with Crippen LogP contribution in [0.5, 0.6) is 0 Å². The first kappa shape index (κ1) is 14.4. The van der Waals surface area contributed by atoms with Crippen LogP contribution in [0, 0.1) is 12.3 Å². The van der Waals surface area contributed by atoms with Crippen molar-refractivity contribution in [3.63, 3.8) is 0 Å². The molecule has 1 heterocycles. The molecule has 4 heteroatoms. The lowest BCUT2D eigenvalue weighted by Crippen LogP contribution is -2.16. The largest absolute Gasteiger partial charge is 0.299 e. The normalized spacial score (nSPS) is 11.9. The van der Waals surface area contributed by atoms with E-state index in [-0.39, 0.29) is 11.2 Å². The summed E-state index contributed by atoms with van der Waals surface area (Å²) < 4.78 is 2.88. The maximum atomic E-state index is 12.0. The summed E-state index contributed by atoms with van der Waals surface area (Å²) in [6.07, 6.45) is 1.07. The fourth-order valence-electron chi connectivity index (χ4n) is 1.88. The van der Waals surface area contributed by atoms with Gasteiger partial charge in [0, 0.05) is 19.4 Å². The second-order valence-electron chi connectivity index (χ2n) is 5.61. The molecule has 0 saturated heterocycles. The van der Waals surface area contributed by atoms with Crippen molar-refractivity contribution in [3.8, 4) is 0 Å². The fraction of sp³-hybridized carbons (Fsp3) is 0.692. The van der Waals surface area contributed by atoms with Gasteiger partial charge in [0.1, 0.15) is 5.78 Å². The van der Waals surface area contributed by atoms with Crippen LogP contribution in [0.1, 0.15) is 45.5 Å². The van der Waals surface area contributed by atoms with Crippen molar-refractivity contribution in [2.75, 3.05) is 0 Å². The lowest BCUT2D eigenvalue weighted by molar-refractivity contribution is -0.120. The predicted octanol–water partition coefficient (Wildman–Crippen LogP) is 3.52. The van der Waals surface area contributed by atoms with E-state index in [1.54, 1.807) is 0 Å². The lowest BCUT2D eigenvalue weighted by atomic mass is 9.89. The molecule has 0 aliphatic carbocycles. The van der Waals surface area contributed by atoms with Gasteiger partial charge in [-0.1, -0.05) is 20.8 Å². The van der Waals surface area contributed by atoms with Gasteiger partial charge in [0.25, 0.3) is 0 Å². The third-order valence-corrected chi connectivity index (χ3v) is 3.58. The Labute approximate surface area is 112 Å². The van der Waals surface area contributed by atoms with E-state index in [4.69, 9.17) is 0 Å². The first-order valence-corrected chi connectivity index (χ1v) is 6.77. The number of hydrogen-bond donors (Lipinski definition) is 0. The Morgan fingerprint density at radius 3 is 2.47 bits per heavy atom. The Morgan fingerprint density at radius 2 is 2.00 bits per heavy atom. The zero-order valence-corrected chi connectivity index (χ0v) is 12.9. The van der Waals surface area contributed by atoms with Crippen LogP contribution in [0.3, 0.4) is 0 Å². The number of aromatic nitrogens is 2. The highest BCUT2D eigenvalue weighted by Gasteiger charge is 2.20. The highest BCUT2D eigenvalue weighted by atomic mass is 79.9. The Hall–Kier alpha value is -0.640. The number of ketones is 1. The van der Waals surface area contributed by atoms with Gasteiger partial charge in [-0.05, 0) is 35.2 Å². The van der Waals surface area contributed by atoms with Gasteiger partial charge in [-0.25, -0.2) is 0 Å². The number of Topliss-reactive ketones (excluding diaryl/α,β-unsaturated/α-hetero) is 1. The van der Waals surface area contributed by atoms with E-state index in [9.17, 15) is 4.79 Å². The van der Waals surface area contributed by atoms with Gasteiger partial charge in [0.2, 0.25) is 0 Å². The third kappa shape index (κ3) is 3.95. The monoisotopic (exact) mass is 300 g/mol. The number of carbonyl (C=O) groups is 1. The van der Waals surface area contributed by atoms with Crippen LogP contribution in [0.4, 0.5) is 0 Å². The van der Waals surface area contributed by atoms with Gasteiger partial charge in [0.15, 0.2) is 0 Å². The molecule has 1 aromatic rings. The standard InChI is InChI=1S/C13H21BrN2O/c1-6-16-11(12(14)9(2)15-16)7-10(17)8-13(3,4)5/h6-8H2,1-5H3. The molecule has 3 nitrogen and oxygen atoms in total.